The van der Waals surface area contributed by atoms with Crippen LogP contribution in [0.5, 0.6) is 0 Å². The van der Waals surface area contributed by atoms with Crippen LogP contribution in [0.15, 0.2) is 18.2 Å². The highest BCUT2D eigenvalue weighted by atomic mass is 32.1. The topological polar surface area (TPSA) is 37.8 Å². The van der Waals surface area contributed by atoms with Crippen molar-refractivity contribution in [1.82, 2.24) is 15.5 Å². The second-order valence-electron chi connectivity index (χ2n) is 4.27. The molecule has 0 spiro atoms. The zero-order chi connectivity index (χ0) is 15.5. The van der Waals surface area contributed by atoms with Crippen molar-refractivity contribution in [1.29, 1.82) is 0 Å². The van der Waals surface area contributed by atoms with E-state index in [1.54, 1.807) is 0 Å². The summed E-state index contributed by atoms with van der Waals surface area (Å²) >= 11 is 1.10. The molecule has 0 aliphatic carbocycles. The SMILES string of the molecule is CCNCCc1nnc(-c2cccc(C(F)(F)F)c2F)s1. The van der Waals surface area contributed by atoms with Gasteiger partial charge in [-0.15, -0.1) is 10.2 Å². The number of nitrogens with zero attached hydrogens (tertiary/aromatic N) is 2. The molecule has 1 heterocycles. The number of benzene rings is 1. The molecule has 8 heteroatoms. The average Bonchev–Trinajstić information content (AvgIpc) is 2.86. The third-order valence-corrected chi connectivity index (χ3v) is 3.78. The van der Waals surface area contributed by atoms with E-state index in [0.717, 1.165) is 17.9 Å². The number of nitrogens with one attached hydrogen (secondary N) is 1. The molecule has 2 rings (SSSR count). The van der Waals surface area contributed by atoms with Crippen LogP contribution < -0.4 is 5.32 Å². The first-order chi connectivity index (χ1) is 9.93. The van der Waals surface area contributed by atoms with Gasteiger partial charge in [0, 0.05) is 18.5 Å². The predicted molar refractivity (Wildman–Crippen MR) is 72.6 cm³/mol. The number of rotatable bonds is 5. The molecule has 0 saturated heterocycles. The van der Waals surface area contributed by atoms with Crippen molar-refractivity contribution in [3.63, 3.8) is 0 Å². The van der Waals surface area contributed by atoms with Gasteiger partial charge in [-0.05, 0) is 18.7 Å². The molecule has 0 bridgehead atoms. The van der Waals surface area contributed by atoms with Gasteiger partial charge in [0.2, 0.25) is 0 Å². The summed E-state index contributed by atoms with van der Waals surface area (Å²) in [7, 11) is 0. The molecule has 2 aromatic rings. The van der Waals surface area contributed by atoms with Crippen LogP contribution in [0.1, 0.15) is 17.5 Å². The van der Waals surface area contributed by atoms with Crippen LogP contribution in [0, 0.1) is 5.82 Å². The molecular weight excluding hydrogens is 306 g/mol. The molecule has 1 aromatic heterocycles. The lowest BCUT2D eigenvalue weighted by Gasteiger charge is -2.09. The van der Waals surface area contributed by atoms with Gasteiger partial charge >= 0.3 is 6.18 Å². The lowest BCUT2D eigenvalue weighted by molar-refractivity contribution is -0.139. The Morgan fingerprint density at radius 3 is 2.67 bits per heavy atom. The quantitative estimate of drug-likeness (QED) is 0.677. The maximum atomic E-state index is 14.0. The van der Waals surface area contributed by atoms with E-state index < -0.39 is 17.6 Å². The number of likely N-dealkylation sites (N-methyl/N-ethyl adjacent to an activating group) is 1. The molecule has 0 saturated carbocycles. The van der Waals surface area contributed by atoms with Gasteiger partial charge in [0.15, 0.2) is 5.01 Å². The summed E-state index contributed by atoms with van der Waals surface area (Å²) in [6.07, 6.45) is -4.12. The van der Waals surface area contributed by atoms with Gasteiger partial charge in [-0.3, -0.25) is 0 Å². The second-order valence-corrected chi connectivity index (χ2v) is 5.33. The Morgan fingerprint density at radius 2 is 2.00 bits per heavy atom. The van der Waals surface area contributed by atoms with Crippen molar-refractivity contribution >= 4 is 11.3 Å². The van der Waals surface area contributed by atoms with Crippen LogP contribution in [0.4, 0.5) is 17.6 Å². The van der Waals surface area contributed by atoms with E-state index in [2.05, 4.69) is 15.5 Å². The van der Waals surface area contributed by atoms with Gasteiger partial charge < -0.3 is 5.32 Å². The lowest BCUT2D eigenvalue weighted by atomic mass is 10.1. The molecule has 0 atom stereocenters. The Hall–Kier alpha value is -1.54. The van der Waals surface area contributed by atoms with E-state index in [4.69, 9.17) is 0 Å². The number of aromatic nitrogens is 2. The summed E-state index contributed by atoms with van der Waals surface area (Å²) in [4.78, 5) is 0. The maximum absolute atomic E-state index is 14.0. The fraction of sp³-hybridized carbons (Fsp3) is 0.385. The Balaban J connectivity index is 2.26. The molecule has 0 aliphatic rings. The van der Waals surface area contributed by atoms with Crippen LogP contribution in [-0.4, -0.2) is 23.3 Å². The van der Waals surface area contributed by atoms with Crippen molar-refractivity contribution < 1.29 is 17.6 Å². The maximum Gasteiger partial charge on any atom is 0.419 e. The van der Waals surface area contributed by atoms with Gasteiger partial charge in [0.05, 0.1) is 5.56 Å². The summed E-state index contributed by atoms with van der Waals surface area (Å²) < 4.78 is 52.0. The zero-order valence-electron chi connectivity index (χ0n) is 11.2. The molecule has 0 fully saturated rings. The van der Waals surface area contributed by atoms with Gasteiger partial charge in [0.25, 0.3) is 0 Å². The van der Waals surface area contributed by atoms with E-state index in [1.165, 1.54) is 12.1 Å². The van der Waals surface area contributed by atoms with E-state index >= 15 is 0 Å². The van der Waals surface area contributed by atoms with Crippen LogP contribution in [0.2, 0.25) is 0 Å². The normalized spacial score (nSPS) is 11.9. The lowest BCUT2D eigenvalue weighted by Crippen LogP contribution is -2.15. The molecule has 3 nitrogen and oxygen atoms in total. The van der Waals surface area contributed by atoms with Gasteiger partial charge in [-0.25, -0.2) is 4.39 Å². The molecular formula is C13H13F4N3S. The summed E-state index contributed by atoms with van der Waals surface area (Å²) in [6, 6.07) is 3.16. The summed E-state index contributed by atoms with van der Waals surface area (Å²) in [6.45, 7) is 3.47. The Kier molecular flexibility index (Phi) is 4.89. The van der Waals surface area contributed by atoms with Crippen molar-refractivity contribution in [3.05, 3.63) is 34.6 Å². The minimum Gasteiger partial charge on any atom is -0.317 e. The number of alkyl halides is 3. The minimum atomic E-state index is -4.72. The summed E-state index contributed by atoms with van der Waals surface area (Å²) in [5.41, 5.74) is -1.46. The van der Waals surface area contributed by atoms with E-state index in [1.807, 2.05) is 6.92 Å². The first-order valence-corrected chi connectivity index (χ1v) is 7.14. The molecule has 0 aliphatic heterocycles. The summed E-state index contributed by atoms with van der Waals surface area (Å²) in [5, 5.41) is 11.6. The highest BCUT2D eigenvalue weighted by Crippen LogP contribution is 2.36. The third kappa shape index (κ3) is 3.76. The van der Waals surface area contributed by atoms with Gasteiger partial charge in [-0.1, -0.05) is 24.3 Å². The standard InChI is InChI=1S/C13H13F4N3S/c1-2-18-7-6-10-19-20-12(21-10)8-4-3-5-9(11(8)14)13(15,16)17/h3-5,18H,2,6-7H2,1H3. The predicted octanol–water partition coefficient (Wildman–Crippen LogP) is 3.52. The van der Waals surface area contributed by atoms with E-state index in [9.17, 15) is 17.6 Å². The van der Waals surface area contributed by atoms with E-state index in [-0.39, 0.29) is 10.6 Å². The molecule has 0 unspecified atom stereocenters. The Labute approximate surface area is 123 Å². The average molecular weight is 319 g/mol. The van der Waals surface area contributed by atoms with Gasteiger partial charge in [0.1, 0.15) is 10.8 Å². The third-order valence-electron chi connectivity index (χ3n) is 2.77. The van der Waals surface area contributed by atoms with Crippen LogP contribution >= 0.6 is 11.3 Å². The highest BCUT2D eigenvalue weighted by Gasteiger charge is 2.35. The number of hydrogen-bond acceptors (Lipinski definition) is 4. The molecule has 114 valence electrons. The van der Waals surface area contributed by atoms with Crippen molar-refractivity contribution in [2.75, 3.05) is 13.1 Å². The smallest absolute Gasteiger partial charge is 0.317 e. The number of halogens is 4. The molecule has 21 heavy (non-hydrogen) atoms. The largest absolute Gasteiger partial charge is 0.419 e. The Bertz CT molecular complexity index is 610. The fourth-order valence-corrected chi connectivity index (χ4v) is 2.61. The van der Waals surface area contributed by atoms with E-state index in [0.29, 0.717) is 24.0 Å². The first-order valence-electron chi connectivity index (χ1n) is 6.32. The molecule has 1 N–H and O–H groups in total. The van der Waals surface area contributed by atoms with Crippen LogP contribution in [0.3, 0.4) is 0 Å². The minimum absolute atomic E-state index is 0.157. The Morgan fingerprint density at radius 1 is 1.24 bits per heavy atom. The molecule has 0 amide bonds. The molecule has 0 radical (unpaired) electrons. The second kappa shape index (κ2) is 6.48. The van der Waals surface area contributed by atoms with Crippen LogP contribution in [0.25, 0.3) is 10.6 Å². The van der Waals surface area contributed by atoms with Gasteiger partial charge in [-0.2, -0.15) is 13.2 Å². The van der Waals surface area contributed by atoms with Crippen LogP contribution in [-0.2, 0) is 12.6 Å². The highest BCUT2D eigenvalue weighted by molar-refractivity contribution is 7.14. The zero-order valence-corrected chi connectivity index (χ0v) is 12.0. The number of hydrogen-bond donors (Lipinski definition) is 1. The fourth-order valence-electron chi connectivity index (χ4n) is 1.75. The first kappa shape index (κ1) is 15.8. The van der Waals surface area contributed by atoms with Crippen molar-refractivity contribution in [2.45, 2.75) is 19.5 Å². The monoisotopic (exact) mass is 319 g/mol. The van der Waals surface area contributed by atoms with Crippen molar-refractivity contribution in [3.8, 4) is 10.6 Å². The molecule has 1 aromatic carbocycles. The summed E-state index contributed by atoms with van der Waals surface area (Å²) in [5.74, 6) is -1.31. The van der Waals surface area contributed by atoms with Crippen molar-refractivity contribution in [2.24, 2.45) is 0 Å².